The first-order valence-corrected chi connectivity index (χ1v) is 9.72. The maximum atomic E-state index is 12.0. The Hall–Kier alpha value is -0.960. The fourth-order valence-electron chi connectivity index (χ4n) is 2.31. The van der Waals surface area contributed by atoms with Crippen LogP contribution in [-0.4, -0.2) is 57.7 Å². The van der Waals surface area contributed by atoms with Crippen molar-refractivity contribution >= 4 is 27.3 Å². The van der Waals surface area contributed by atoms with E-state index in [1.54, 1.807) is 11.3 Å². The number of hydrogen-bond donors (Lipinski definition) is 1. The van der Waals surface area contributed by atoms with Crippen molar-refractivity contribution in [2.24, 2.45) is 5.92 Å². The normalized spacial score (nSPS) is 22.1. The first-order chi connectivity index (χ1) is 10.4. The lowest BCUT2D eigenvalue weighted by atomic mass is 10.1. The van der Waals surface area contributed by atoms with Crippen molar-refractivity contribution in [2.75, 3.05) is 33.1 Å². The third kappa shape index (κ3) is 4.77. The van der Waals surface area contributed by atoms with Crippen molar-refractivity contribution in [3.05, 3.63) is 22.4 Å². The zero-order chi connectivity index (χ0) is 16.2. The number of hydrogen-bond acceptors (Lipinski definition) is 5. The topological polar surface area (TPSA) is 75.7 Å². The van der Waals surface area contributed by atoms with E-state index in [1.165, 1.54) is 18.4 Å². The van der Waals surface area contributed by atoms with E-state index in [-0.39, 0.29) is 23.6 Å². The van der Waals surface area contributed by atoms with E-state index in [1.807, 2.05) is 16.8 Å². The molecule has 2 atom stereocenters. The monoisotopic (exact) mass is 346 g/mol. The van der Waals surface area contributed by atoms with Crippen molar-refractivity contribution in [1.82, 2.24) is 9.62 Å². The molecule has 1 fully saturated rings. The Balaban J connectivity index is 1.84. The van der Waals surface area contributed by atoms with E-state index in [0.717, 1.165) is 5.56 Å². The molecule has 0 aromatic carbocycles. The Morgan fingerprint density at radius 3 is 2.86 bits per heavy atom. The highest BCUT2D eigenvalue weighted by Gasteiger charge is 2.33. The van der Waals surface area contributed by atoms with Gasteiger partial charge in [-0.05, 0) is 28.8 Å². The Morgan fingerprint density at radius 2 is 2.23 bits per heavy atom. The molecule has 1 amide bonds. The van der Waals surface area contributed by atoms with Crippen LogP contribution < -0.4 is 5.32 Å². The molecular weight excluding hydrogens is 324 g/mol. The van der Waals surface area contributed by atoms with Gasteiger partial charge in [-0.15, -0.1) is 0 Å². The number of sulfonamides is 1. The molecule has 2 heterocycles. The summed E-state index contributed by atoms with van der Waals surface area (Å²) in [7, 11) is -0.268. The van der Waals surface area contributed by atoms with Gasteiger partial charge in [-0.25, -0.2) is 12.7 Å². The molecule has 0 aliphatic carbocycles. The molecule has 8 heteroatoms. The van der Waals surface area contributed by atoms with Gasteiger partial charge < -0.3 is 10.1 Å². The Labute approximate surface area is 135 Å². The average molecular weight is 346 g/mol. The molecule has 1 aliphatic heterocycles. The predicted octanol–water partition coefficient (Wildman–Crippen LogP) is 0.703. The zero-order valence-corrected chi connectivity index (χ0v) is 14.5. The van der Waals surface area contributed by atoms with Crippen LogP contribution in [0, 0.1) is 5.92 Å². The van der Waals surface area contributed by atoms with Gasteiger partial charge in [0, 0.05) is 26.4 Å². The Morgan fingerprint density at radius 1 is 1.45 bits per heavy atom. The van der Waals surface area contributed by atoms with Gasteiger partial charge in [-0.1, -0.05) is 0 Å². The molecule has 1 saturated heterocycles. The fourth-order valence-corrected chi connectivity index (χ4v) is 4.18. The first-order valence-electron chi connectivity index (χ1n) is 7.17. The second-order valence-electron chi connectivity index (χ2n) is 5.66. The van der Waals surface area contributed by atoms with Crippen molar-refractivity contribution in [3.8, 4) is 0 Å². The maximum Gasteiger partial charge on any atom is 0.220 e. The van der Waals surface area contributed by atoms with E-state index >= 15 is 0 Å². The molecule has 124 valence electrons. The van der Waals surface area contributed by atoms with E-state index in [9.17, 15) is 13.2 Å². The lowest BCUT2D eigenvalue weighted by Crippen LogP contribution is -2.43. The molecule has 1 aliphatic rings. The SMILES string of the molecule is CN(C)S(=O)(=O)C[C@@H]1COC[C@@H]1NC(=O)CCc1ccsc1. The van der Waals surface area contributed by atoms with Crippen LogP contribution in [-0.2, 0) is 26.0 Å². The van der Waals surface area contributed by atoms with Gasteiger partial charge in [0.05, 0.1) is 25.0 Å². The van der Waals surface area contributed by atoms with Crippen LogP contribution in [0.1, 0.15) is 12.0 Å². The highest BCUT2D eigenvalue weighted by atomic mass is 32.2. The standard InChI is InChI=1S/C14H22N2O4S2/c1-16(2)22(18,19)10-12-7-20-8-13(12)15-14(17)4-3-11-5-6-21-9-11/h5-6,9,12-13H,3-4,7-8,10H2,1-2H3,(H,15,17)/t12-,13-/m0/s1. The highest BCUT2D eigenvalue weighted by Crippen LogP contribution is 2.17. The second-order valence-corrected chi connectivity index (χ2v) is 8.67. The number of thiophene rings is 1. The van der Waals surface area contributed by atoms with Crippen molar-refractivity contribution in [3.63, 3.8) is 0 Å². The second kappa shape index (κ2) is 7.54. The van der Waals surface area contributed by atoms with Gasteiger partial charge in [0.2, 0.25) is 15.9 Å². The lowest BCUT2D eigenvalue weighted by molar-refractivity contribution is -0.121. The molecule has 1 aromatic rings. The summed E-state index contributed by atoms with van der Waals surface area (Å²) < 4.78 is 30.5. The summed E-state index contributed by atoms with van der Waals surface area (Å²) in [5.74, 6) is -0.262. The smallest absolute Gasteiger partial charge is 0.220 e. The molecule has 6 nitrogen and oxygen atoms in total. The lowest BCUT2D eigenvalue weighted by Gasteiger charge is -2.21. The number of ether oxygens (including phenoxy) is 1. The minimum atomic E-state index is -3.29. The Kier molecular flexibility index (Phi) is 5.96. The van der Waals surface area contributed by atoms with Gasteiger partial charge in [0.15, 0.2) is 0 Å². The summed E-state index contributed by atoms with van der Waals surface area (Å²) in [6, 6.07) is 1.77. The maximum absolute atomic E-state index is 12.0. The molecule has 0 bridgehead atoms. The minimum Gasteiger partial charge on any atom is -0.379 e. The molecule has 0 spiro atoms. The number of carbonyl (C=O) groups excluding carboxylic acids is 1. The van der Waals surface area contributed by atoms with Gasteiger partial charge in [-0.3, -0.25) is 4.79 Å². The van der Waals surface area contributed by atoms with E-state index in [4.69, 9.17) is 4.74 Å². The summed E-state index contributed by atoms with van der Waals surface area (Å²) in [6.45, 7) is 0.736. The number of amides is 1. The van der Waals surface area contributed by atoms with Gasteiger partial charge >= 0.3 is 0 Å². The average Bonchev–Trinajstić information content (AvgIpc) is 3.08. The highest BCUT2D eigenvalue weighted by molar-refractivity contribution is 7.89. The van der Waals surface area contributed by atoms with Gasteiger partial charge in [0.25, 0.3) is 0 Å². The third-order valence-corrected chi connectivity index (χ3v) is 6.44. The van der Waals surface area contributed by atoms with Crippen molar-refractivity contribution in [1.29, 1.82) is 0 Å². The van der Waals surface area contributed by atoms with Crippen molar-refractivity contribution in [2.45, 2.75) is 18.9 Å². The predicted molar refractivity (Wildman–Crippen MR) is 86.4 cm³/mol. The zero-order valence-electron chi connectivity index (χ0n) is 12.8. The summed E-state index contributed by atoms with van der Waals surface area (Å²) in [5, 5.41) is 6.92. The van der Waals surface area contributed by atoms with E-state index in [0.29, 0.717) is 26.1 Å². The molecule has 22 heavy (non-hydrogen) atoms. The third-order valence-electron chi connectivity index (χ3n) is 3.75. The van der Waals surface area contributed by atoms with Crippen LogP contribution in [0.2, 0.25) is 0 Å². The number of rotatable bonds is 7. The number of nitrogens with zero attached hydrogens (tertiary/aromatic N) is 1. The van der Waals surface area contributed by atoms with Crippen LogP contribution in [0.15, 0.2) is 16.8 Å². The van der Waals surface area contributed by atoms with E-state index < -0.39 is 10.0 Å². The summed E-state index contributed by atoms with van der Waals surface area (Å²) >= 11 is 1.61. The van der Waals surface area contributed by atoms with Crippen LogP contribution in [0.4, 0.5) is 0 Å². The number of aryl methyl sites for hydroxylation is 1. The minimum absolute atomic E-state index is 0.00449. The Bertz CT molecular complexity index is 584. The summed E-state index contributed by atoms with van der Waals surface area (Å²) in [5.41, 5.74) is 1.15. The molecule has 2 rings (SSSR count). The van der Waals surface area contributed by atoms with Crippen molar-refractivity contribution < 1.29 is 17.9 Å². The van der Waals surface area contributed by atoms with Gasteiger partial charge in [-0.2, -0.15) is 11.3 Å². The number of nitrogens with one attached hydrogen (secondary N) is 1. The molecule has 1 N–H and O–H groups in total. The summed E-state index contributed by atoms with van der Waals surface area (Å²) in [4.78, 5) is 12.0. The first kappa shape index (κ1) is 17.4. The van der Waals surface area contributed by atoms with Crippen LogP contribution >= 0.6 is 11.3 Å². The van der Waals surface area contributed by atoms with Crippen LogP contribution in [0.3, 0.4) is 0 Å². The molecule has 1 aromatic heterocycles. The fraction of sp³-hybridized carbons (Fsp3) is 0.643. The van der Waals surface area contributed by atoms with E-state index in [2.05, 4.69) is 5.32 Å². The largest absolute Gasteiger partial charge is 0.379 e. The van der Waals surface area contributed by atoms with Gasteiger partial charge in [0.1, 0.15) is 0 Å². The van der Waals surface area contributed by atoms with Crippen LogP contribution in [0.25, 0.3) is 0 Å². The quantitative estimate of drug-likeness (QED) is 0.789. The summed E-state index contributed by atoms with van der Waals surface area (Å²) in [6.07, 6.45) is 1.10. The molecule has 0 radical (unpaired) electrons. The van der Waals surface area contributed by atoms with Crippen LogP contribution in [0.5, 0.6) is 0 Å². The number of carbonyl (C=O) groups is 1. The molecule has 0 unspecified atom stereocenters. The molecular formula is C14H22N2O4S2. The molecule has 0 saturated carbocycles.